The maximum Gasteiger partial charge on any atom is 0.175 e. The molecule has 6 nitrogen and oxygen atoms in total. The van der Waals surface area contributed by atoms with E-state index in [4.69, 9.17) is 4.74 Å². The lowest BCUT2D eigenvalue weighted by Crippen LogP contribution is -2.46. The van der Waals surface area contributed by atoms with Gasteiger partial charge in [-0.25, -0.2) is 13.4 Å². The molecule has 1 saturated heterocycles. The minimum atomic E-state index is -3.19. The van der Waals surface area contributed by atoms with Crippen LogP contribution in [0.2, 0.25) is 0 Å². The van der Waals surface area contributed by atoms with Gasteiger partial charge < -0.3 is 9.64 Å². The topological polar surface area (TPSA) is 62.7 Å². The largest absolute Gasteiger partial charge is 0.492 e. The average molecular weight is 444 g/mol. The Morgan fingerprint density at radius 3 is 2.45 bits per heavy atom. The van der Waals surface area contributed by atoms with Crippen molar-refractivity contribution in [3.8, 4) is 5.75 Å². The van der Waals surface area contributed by atoms with Gasteiger partial charge in [0, 0.05) is 24.0 Å². The molecule has 2 aliphatic rings. The fraction of sp³-hybridized carbons (Fsp3) is 0.542. The molecule has 0 aliphatic carbocycles. The Balaban J connectivity index is 1.35. The third-order valence-corrected chi connectivity index (χ3v) is 7.53. The fourth-order valence-corrected chi connectivity index (χ4v) is 5.12. The van der Waals surface area contributed by atoms with Crippen LogP contribution in [0.5, 0.6) is 5.75 Å². The Morgan fingerprint density at radius 2 is 1.84 bits per heavy atom. The number of anilines is 2. The first kappa shape index (κ1) is 22.1. The predicted octanol–water partition coefficient (Wildman–Crippen LogP) is 4.07. The summed E-state index contributed by atoms with van der Waals surface area (Å²) in [5.74, 6) is 2.25. The van der Waals surface area contributed by atoms with Gasteiger partial charge >= 0.3 is 0 Å². The van der Waals surface area contributed by atoms with Crippen molar-refractivity contribution >= 4 is 21.3 Å². The number of piperidine rings is 1. The molecule has 2 aliphatic heterocycles. The molecule has 0 atom stereocenters. The molecule has 0 amide bonds. The Labute approximate surface area is 186 Å². The molecule has 3 heterocycles. The lowest BCUT2D eigenvalue weighted by Gasteiger charge is -2.40. The maximum absolute atomic E-state index is 11.8. The molecule has 0 bridgehead atoms. The third-order valence-electron chi connectivity index (χ3n) is 6.42. The van der Waals surface area contributed by atoms with Crippen molar-refractivity contribution in [3.05, 3.63) is 42.1 Å². The number of benzene rings is 1. The van der Waals surface area contributed by atoms with Crippen molar-refractivity contribution in [2.45, 2.75) is 50.5 Å². The zero-order chi connectivity index (χ0) is 22.2. The summed E-state index contributed by atoms with van der Waals surface area (Å²) in [6.07, 6.45) is 6.19. The van der Waals surface area contributed by atoms with Gasteiger partial charge in [-0.15, -0.1) is 0 Å². The number of sulfone groups is 1. The van der Waals surface area contributed by atoms with E-state index in [-0.39, 0.29) is 5.54 Å². The first-order valence-corrected chi connectivity index (χ1v) is 12.9. The minimum Gasteiger partial charge on any atom is -0.492 e. The zero-order valence-electron chi connectivity index (χ0n) is 19.0. The van der Waals surface area contributed by atoms with Crippen LogP contribution >= 0.6 is 0 Å². The number of rotatable bonds is 5. The van der Waals surface area contributed by atoms with Crippen LogP contribution in [0, 0.1) is 5.92 Å². The molecule has 31 heavy (non-hydrogen) atoms. The number of pyridine rings is 1. The fourth-order valence-electron chi connectivity index (χ4n) is 4.45. The smallest absolute Gasteiger partial charge is 0.175 e. The summed E-state index contributed by atoms with van der Waals surface area (Å²) in [5, 5.41) is 0. The lowest BCUT2D eigenvalue weighted by molar-refractivity contribution is 0.0720. The van der Waals surface area contributed by atoms with Crippen LogP contribution in [0.15, 0.2) is 41.4 Å². The van der Waals surface area contributed by atoms with Crippen LogP contribution < -0.4 is 9.64 Å². The van der Waals surface area contributed by atoms with E-state index in [0.717, 1.165) is 55.5 Å². The third kappa shape index (κ3) is 5.04. The number of nitrogens with zero attached hydrogens (tertiary/aromatic N) is 3. The van der Waals surface area contributed by atoms with E-state index >= 15 is 0 Å². The second kappa shape index (κ2) is 8.43. The molecule has 0 saturated carbocycles. The van der Waals surface area contributed by atoms with Gasteiger partial charge in [-0.2, -0.15) is 0 Å². The highest BCUT2D eigenvalue weighted by atomic mass is 32.2. The minimum absolute atomic E-state index is 0.242. The summed E-state index contributed by atoms with van der Waals surface area (Å²) in [6.45, 7) is 10.6. The second-order valence-corrected chi connectivity index (χ2v) is 11.7. The summed E-state index contributed by atoms with van der Waals surface area (Å²) in [4.78, 5) is 9.67. The molecule has 1 aromatic heterocycles. The number of fused-ring (bicyclic) bond motifs is 1. The molecule has 0 radical (unpaired) electrons. The molecule has 2 aromatic rings. The van der Waals surface area contributed by atoms with Gasteiger partial charge in [0.25, 0.3) is 0 Å². The summed E-state index contributed by atoms with van der Waals surface area (Å²) in [6, 6.07) is 9.31. The Bertz CT molecular complexity index is 1020. The van der Waals surface area contributed by atoms with Crippen LogP contribution in [0.25, 0.3) is 0 Å². The molecule has 0 N–H and O–H groups in total. The number of hydrogen-bond donors (Lipinski definition) is 0. The van der Waals surface area contributed by atoms with Gasteiger partial charge in [-0.3, -0.25) is 4.90 Å². The van der Waals surface area contributed by atoms with E-state index in [9.17, 15) is 8.42 Å². The highest BCUT2D eigenvalue weighted by Gasteiger charge is 2.27. The molecular formula is C24H33N3O3S. The first-order chi connectivity index (χ1) is 14.6. The molecule has 0 spiro atoms. The summed E-state index contributed by atoms with van der Waals surface area (Å²) >= 11 is 0. The Morgan fingerprint density at radius 1 is 1.10 bits per heavy atom. The van der Waals surface area contributed by atoms with E-state index in [1.165, 1.54) is 19.1 Å². The predicted molar refractivity (Wildman–Crippen MR) is 124 cm³/mol. The van der Waals surface area contributed by atoms with Crippen molar-refractivity contribution in [2.24, 2.45) is 5.92 Å². The van der Waals surface area contributed by atoms with Crippen LogP contribution in [-0.2, 0) is 16.3 Å². The van der Waals surface area contributed by atoms with E-state index in [2.05, 4.69) is 35.6 Å². The van der Waals surface area contributed by atoms with Crippen molar-refractivity contribution < 1.29 is 13.2 Å². The van der Waals surface area contributed by atoms with Crippen LogP contribution in [0.3, 0.4) is 0 Å². The van der Waals surface area contributed by atoms with Gasteiger partial charge in [0.15, 0.2) is 9.84 Å². The Kier molecular flexibility index (Phi) is 6.01. The number of likely N-dealkylation sites (tertiary alicyclic amines) is 1. The highest BCUT2D eigenvalue weighted by Crippen LogP contribution is 2.35. The Hall–Kier alpha value is -2.12. The average Bonchev–Trinajstić information content (AvgIpc) is 3.15. The van der Waals surface area contributed by atoms with Crippen LogP contribution in [0.1, 0.15) is 39.2 Å². The molecule has 0 unspecified atom stereocenters. The van der Waals surface area contributed by atoms with Crippen molar-refractivity contribution in [3.63, 3.8) is 0 Å². The standard InChI is InChI=1S/C24H33N3O3S/c1-24(2,3)26-12-9-18(10-13-26)17-30-20-5-8-23(25-16-20)27-14-11-19-15-21(31(4,28)29)6-7-22(19)27/h5-8,15-16,18H,9-14,17H2,1-4H3. The van der Waals surface area contributed by atoms with Crippen LogP contribution in [0.4, 0.5) is 11.5 Å². The molecular weight excluding hydrogens is 410 g/mol. The molecule has 4 rings (SSSR count). The maximum atomic E-state index is 11.8. The van der Waals surface area contributed by atoms with Gasteiger partial charge in [-0.1, -0.05) is 0 Å². The quantitative estimate of drug-likeness (QED) is 0.694. The van der Waals surface area contributed by atoms with Crippen molar-refractivity contribution in [2.75, 3.05) is 37.4 Å². The molecule has 1 fully saturated rings. The first-order valence-electron chi connectivity index (χ1n) is 11.1. The van der Waals surface area contributed by atoms with E-state index in [0.29, 0.717) is 10.8 Å². The zero-order valence-corrected chi connectivity index (χ0v) is 19.8. The summed E-state index contributed by atoms with van der Waals surface area (Å²) < 4.78 is 29.7. The van der Waals surface area contributed by atoms with Gasteiger partial charge in [0.2, 0.25) is 0 Å². The van der Waals surface area contributed by atoms with E-state index < -0.39 is 9.84 Å². The summed E-state index contributed by atoms with van der Waals surface area (Å²) in [7, 11) is -3.19. The summed E-state index contributed by atoms with van der Waals surface area (Å²) in [5.41, 5.74) is 2.32. The monoisotopic (exact) mass is 443 g/mol. The van der Waals surface area contributed by atoms with Gasteiger partial charge in [0.1, 0.15) is 11.6 Å². The van der Waals surface area contributed by atoms with E-state index in [1.807, 2.05) is 18.2 Å². The molecule has 7 heteroatoms. The van der Waals surface area contributed by atoms with Crippen molar-refractivity contribution in [1.82, 2.24) is 9.88 Å². The number of hydrogen-bond acceptors (Lipinski definition) is 6. The normalized spacial score (nSPS) is 18.3. The van der Waals surface area contributed by atoms with Crippen LogP contribution in [-0.4, -0.2) is 56.3 Å². The van der Waals surface area contributed by atoms with Crippen molar-refractivity contribution in [1.29, 1.82) is 0 Å². The lowest BCUT2D eigenvalue weighted by atomic mass is 9.94. The SMILES string of the molecule is CC(C)(C)N1CCC(COc2ccc(N3CCc4cc(S(C)(=O)=O)ccc43)nc2)CC1. The molecule has 1 aromatic carbocycles. The second-order valence-electron chi connectivity index (χ2n) is 9.73. The highest BCUT2D eigenvalue weighted by molar-refractivity contribution is 7.90. The van der Waals surface area contributed by atoms with Gasteiger partial charge in [-0.05, 0) is 94.9 Å². The van der Waals surface area contributed by atoms with E-state index in [1.54, 1.807) is 18.3 Å². The number of aromatic nitrogens is 1. The van der Waals surface area contributed by atoms with Gasteiger partial charge in [0.05, 0.1) is 17.7 Å². The number of ether oxygens (including phenoxy) is 1. The molecule has 168 valence electrons.